The molecular weight excluding hydrogens is 686 g/mol. The lowest BCUT2D eigenvalue weighted by Gasteiger charge is -2.33. The number of hydrogen-bond donors (Lipinski definition) is 11. The number of fused-ring (bicyclic) bond motifs is 2. The standard InChI is InChI=1S/C33H49N7O12/c1-14-8-22-31(50)36-25(46)10-20(34)28(47)37-26(15(2)41)33(52)40-13-19(44)9-23(40)30(49)35-21(11-24(45)17-4-6-18(43)7-5-17)29(48)38-27(16(3)42)32(51)39(22)12-14/h4-7,14-16,19-27,41-46H,8-13,34H2,1-3H3,(H,35,49)(H,36,50)(H,37,47)(H,38,48)/t14-,15-,16-,19-,20+,21+,22+,23+,24-,25-,26+,27+/m1/s1. The number of amides is 6. The number of benzene rings is 1. The van der Waals surface area contributed by atoms with E-state index in [1.807, 2.05) is 0 Å². The molecule has 0 aliphatic carbocycles. The predicted octanol–water partition coefficient (Wildman–Crippen LogP) is -4.60. The summed E-state index contributed by atoms with van der Waals surface area (Å²) in [4.78, 5) is 83.8. The summed E-state index contributed by atoms with van der Waals surface area (Å²) in [7, 11) is 0. The fraction of sp³-hybridized carbons (Fsp3) is 0.636. The van der Waals surface area contributed by atoms with Gasteiger partial charge in [-0.2, -0.15) is 0 Å². The number of nitrogens with two attached hydrogens (primary N) is 1. The highest BCUT2D eigenvalue weighted by atomic mass is 16.3. The van der Waals surface area contributed by atoms with E-state index in [2.05, 4.69) is 21.3 Å². The van der Waals surface area contributed by atoms with Crippen molar-refractivity contribution in [2.45, 2.75) is 113 Å². The number of carbonyl (C=O) groups is 6. The Hall–Kier alpha value is -4.40. The van der Waals surface area contributed by atoms with Gasteiger partial charge < -0.3 is 67.4 Å². The second-order valence-electron chi connectivity index (χ2n) is 14.0. The number of phenols is 1. The van der Waals surface area contributed by atoms with Crippen LogP contribution in [0.5, 0.6) is 5.75 Å². The molecular formula is C33H49N7O12. The third-order valence-electron chi connectivity index (χ3n) is 9.55. The molecule has 19 nitrogen and oxygen atoms in total. The number of carbonyl (C=O) groups excluding carboxylic acids is 6. The van der Waals surface area contributed by atoms with Gasteiger partial charge in [-0.1, -0.05) is 19.1 Å². The molecule has 3 aliphatic rings. The van der Waals surface area contributed by atoms with E-state index in [0.29, 0.717) is 0 Å². The van der Waals surface area contributed by atoms with Crippen molar-refractivity contribution in [3.63, 3.8) is 0 Å². The summed E-state index contributed by atoms with van der Waals surface area (Å²) >= 11 is 0. The molecule has 0 aromatic heterocycles. The minimum absolute atomic E-state index is 0.0440. The number of nitrogens with zero attached hydrogens (tertiary/aromatic N) is 2. The van der Waals surface area contributed by atoms with Crippen molar-refractivity contribution in [3.8, 4) is 5.75 Å². The first-order valence-electron chi connectivity index (χ1n) is 17.1. The van der Waals surface area contributed by atoms with Crippen molar-refractivity contribution in [2.24, 2.45) is 11.7 Å². The SMILES string of the molecule is C[C@@H]1C[C@H]2C(=O)N[C@H](O)C[C@H](N)C(=O)N[C@@H]([C@@H](C)O)C(=O)N3C[C@H](O)C[C@H]3C(=O)N[C@@H](C[C@@H](O)c3ccc(O)cc3)C(=O)N[C@@H]([C@@H](C)O)C(=O)N2C1. The van der Waals surface area contributed by atoms with E-state index < -0.39 is 122 Å². The Bertz CT molecular complexity index is 1490. The fourth-order valence-corrected chi connectivity index (χ4v) is 6.71. The Morgan fingerprint density at radius 1 is 0.731 bits per heavy atom. The van der Waals surface area contributed by atoms with Crippen molar-refractivity contribution in [1.29, 1.82) is 0 Å². The van der Waals surface area contributed by atoms with Crippen LogP contribution < -0.4 is 27.0 Å². The van der Waals surface area contributed by atoms with Crippen LogP contribution in [0.15, 0.2) is 24.3 Å². The molecule has 288 valence electrons. The maximum absolute atomic E-state index is 13.9. The number of rotatable bonds is 5. The Kier molecular flexibility index (Phi) is 13.2. The zero-order valence-electron chi connectivity index (χ0n) is 29.1. The predicted molar refractivity (Wildman–Crippen MR) is 179 cm³/mol. The third kappa shape index (κ3) is 9.52. The van der Waals surface area contributed by atoms with Gasteiger partial charge in [-0.05, 0) is 43.9 Å². The van der Waals surface area contributed by atoms with Crippen LogP contribution in [0.3, 0.4) is 0 Å². The topological polar surface area (TPSA) is 304 Å². The molecule has 4 rings (SSSR count). The van der Waals surface area contributed by atoms with Crippen LogP contribution >= 0.6 is 0 Å². The number of hydrogen-bond acceptors (Lipinski definition) is 13. The van der Waals surface area contributed by atoms with Gasteiger partial charge in [0.15, 0.2) is 0 Å². The normalized spacial score (nSPS) is 33.2. The van der Waals surface area contributed by atoms with Crippen LogP contribution in [0, 0.1) is 5.92 Å². The quantitative estimate of drug-likeness (QED) is 0.136. The lowest BCUT2D eigenvalue weighted by Crippen LogP contribution is -2.62. The smallest absolute Gasteiger partial charge is 0.248 e. The van der Waals surface area contributed by atoms with Gasteiger partial charge in [-0.25, -0.2) is 0 Å². The van der Waals surface area contributed by atoms with Gasteiger partial charge in [0.2, 0.25) is 35.4 Å². The Balaban J connectivity index is 1.74. The minimum Gasteiger partial charge on any atom is -0.508 e. The number of aromatic hydroxyl groups is 1. The first-order chi connectivity index (χ1) is 24.4. The Labute approximate surface area is 299 Å². The van der Waals surface area contributed by atoms with Gasteiger partial charge in [-0.15, -0.1) is 0 Å². The zero-order valence-corrected chi connectivity index (χ0v) is 29.1. The van der Waals surface area contributed by atoms with Crippen molar-refractivity contribution >= 4 is 35.4 Å². The summed E-state index contributed by atoms with van der Waals surface area (Å²) in [6, 6.07) is -3.68. The summed E-state index contributed by atoms with van der Waals surface area (Å²) in [6.07, 6.45) is -8.59. The molecule has 52 heavy (non-hydrogen) atoms. The van der Waals surface area contributed by atoms with Crippen molar-refractivity contribution in [2.75, 3.05) is 13.1 Å². The number of phenolic OH excluding ortho intramolecular Hbond substituents is 1. The van der Waals surface area contributed by atoms with Crippen LogP contribution in [0.4, 0.5) is 0 Å². The molecule has 6 amide bonds. The summed E-state index contributed by atoms with van der Waals surface area (Å²) < 4.78 is 0. The molecule has 0 spiro atoms. The van der Waals surface area contributed by atoms with E-state index in [1.165, 1.54) is 38.1 Å². The van der Waals surface area contributed by atoms with Gasteiger partial charge in [0.05, 0.1) is 30.5 Å². The highest BCUT2D eigenvalue weighted by Crippen LogP contribution is 2.26. The zero-order chi connectivity index (χ0) is 38.6. The number of aliphatic hydroxyl groups is 5. The molecule has 0 saturated carbocycles. The third-order valence-corrected chi connectivity index (χ3v) is 9.55. The van der Waals surface area contributed by atoms with Crippen LogP contribution in [0.2, 0.25) is 0 Å². The maximum atomic E-state index is 13.9. The van der Waals surface area contributed by atoms with Crippen LogP contribution in [-0.4, -0.2) is 150 Å². The van der Waals surface area contributed by atoms with E-state index >= 15 is 0 Å². The molecule has 1 aromatic carbocycles. The highest BCUT2D eigenvalue weighted by Gasteiger charge is 2.46. The Morgan fingerprint density at radius 2 is 1.25 bits per heavy atom. The van der Waals surface area contributed by atoms with Crippen LogP contribution in [0.1, 0.15) is 58.1 Å². The molecule has 19 heteroatoms. The van der Waals surface area contributed by atoms with Crippen molar-refractivity contribution in [3.05, 3.63) is 29.8 Å². The summed E-state index contributed by atoms with van der Waals surface area (Å²) in [5.74, 6) is -5.93. The summed E-state index contributed by atoms with van der Waals surface area (Å²) in [5, 5.41) is 72.6. The average molecular weight is 736 g/mol. The lowest BCUT2D eigenvalue weighted by atomic mass is 9.99. The molecule has 0 radical (unpaired) electrons. The first-order valence-corrected chi connectivity index (χ1v) is 17.1. The number of nitrogens with one attached hydrogen (secondary N) is 4. The average Bonchev–Trinajstić information content (AvgIpc) is 3.67. The summed E-state index contributed by atoms with van der Waals surface area (Å²) in [5.41, 5.74) is 6.23. The minimum atomic E-state index is -1.69. The van der Waals surface area contributed by atoms with Crippen LogP contribution in [-0.2, 0) is 28.8 Å². The fourth-order valence-electron chi connectivity index (χ4n) is 6.71. The Morgan fingerprint density at radius 3 is 1.83 bits per heavy atom. The summed E-state index contributed by atoms with van der Waals surface area (Å²) in [6.45, 7) is 3.84. The molecule has 12 N–H and O–H groups in total. The van der Waals surface area contributed by atoms with Gasteiger partial charge >= 0.3 is 0 Å². The number of aliphatic hydroxyl groups excluding tert-OH is 5. The molecule has 3 aliphatic heterocycles. The maximum Gasteiger partial charge on any atom is 0.248 e. The van der Waals surface area contributed by atoms with Gasteiger partial charge in [0.25, 0.3) is 0 Å². The van der Waals surface area contributed by atoms with E-state index in [-0.39, 0.29) is 36.6 Å². The van der Waals surface area contributed by atoms with E-state index in [0.717, 1.165) is 9.80 Å². The van der Waals surface area contributed by atoms with E-state index in [9.17, 15) is 59.4 Å². The second-order valence-corrected chi connectivity index (χ2v) is 14.0. The lowest BCUT2D eigenvalue weighted by molar-refractivity contribution is -0.146. The molecule has 0 unspecified atom stereocenters. The molecule has 3 heterocycles. The first kappa shape index (κ1) is 40.4. The van der Waals surface area contributed by atoms with E-state index in [1.54, 1.807) is 6.92 Å². The van der Waals surface area contributed by atoms with Gasteiger partial charge in [-0.3, -0.25) is 28.8 Å². The van der Waals surface area contributed by atoms with Crippen molar-refractivity contribution in [1.82, 2.24) is 31.1 Å². The van der Waals surface area contributed by atoms with Gasteiger partial charge in [0, 0.05) is 32.4 Å². The van der Waals surface area contributed by atoms with Gasteiger partial charge in [0.1, 0.15) is 42.2 Å². The molecule has 1 aromatic rings. The largest absolute Gasteiger partial charge is 0.508 e. The second kappa shape index (κ2) is 17.0. The van der Waals surface area contributed by atoms with E-state index in [4.69, 9.17) is 5.73 Å². The molecule has 3 fully saturated rings. The molecule has 12 atom stereocenters. The highest BCUT2D eigenvalue weighted by molar-refractivity contribution is 5.97. The van der Waals surface area contributed by atoms with Crippen LogP contribution in [0.25, 0.3) is 0 Å². The molecule has 3 saturated heterocycles. The van der Waals surface area contributed by atoms with Crippen molar-refractivity contribution < 1.29 is 59.4 Å². The monoisotopic (exact) mass is 735 g/mol. The molecule has 0 bridgehead atoms.